The molecule has 0 spiro atoms. The number of nitrogens with two attached hydrogens (primary N) is 1. The smallest absolute Gasteiger partial charge is 0.350 e. The van der Waals surface area contributed by atoms with Crippen LogP contribution in [0.4, 0.5) is 10.7 Å². The van der Waals surface area contributed by atoms with Gasteiger partial charge in [0.15, 0.2) is 0 Å². The molecule has 0 unspecified atom stereocenters. The topological polar surface area (TPSA) is 55.6 Å². The Morgan fingerprint density at radius 2 is 2.21 bits per heavy atom. The van der Waals surface area contributed by atoms with E-state index in [-0.39, 0.29) is 5.97 Å². The number of thiophene rings is 1. The fourth-order valence-corrected chi connectivity index (χ4v) is 5.05. The number of hydrogen-bond acceptors (Lipinski definition) is 7. The van der Waals surface area contributed by atoms with Crippen LogP contribution < -0.4 is 10.6 Å². The van der Waals surface area contributed by atoms with E-state index in [1.807, 2.05) is 18.0 Å². The Morgan fingerprint density at radius 1 is 1.42 bits per heavy atom. The number of anilines is 2. The van der Waals surface area contributed by atoms with Crippen LogP contribution in [0.25, 0.3) is 0 Å². The number of carbonyl (C=O) groups excluding carboxylic acids is 1. The molecule has 0 radical (unpaired) electrons. The fourth-order valence-electron chi connectivity index (χ4n) is 2.02. The molecule has 2 heterocycles. The van der Waals surface area contributed by atoms with Crippen LogP contribution in [0.15, 0.2) is 4.90 Å². The molecule has 2 N–H and O–H groups in total. The van der Waals surface area contributed by atoms with Gasteiger partial charge in [-0.15, -0.1) is 23.1 Å². The van der Waals surface area contributed by atoms with Gasteiger partial charge in [-0.25, -0.2) is 4.79 Å². The van der Waals surface area contributed by atoms with Gasteiger partial charge in [0.1, 0.15) is 9.88 Å². The molecule has 0 aliphatic carbocycles. The second-order valence-electron chi connectivity index (χ2n) is 4.13. The number of nitrogens with zero attached hydrogens (tertiary/aromatic N) is 1. The highest BCUT2D eigenvalue weighted by molar-refractivity contribution is 7.99. The van der Waals surface area contributed by atoms with Crippen LogP contribution in [-0.4, -0.2) is 43.9 Å². The van der Waals surface area contributed by atoms with Crippen molar-refractivity contribution in [1.29, 1.82) is 0 Å². The van der Waals surface area contributed by atoms with Crippen LogP contribution in [0.2, 0.25) is 0 Å². The highest BCUT2D eigenvalue weighted by Crippen LogP contribution is 2.44. The third-order valence-electron chi connectivity index (χ3n) is 2.97. The molecule has 2 rings (SSSR count). The summed E-state index contributed by atoms with van der Waals surface area (Å²) in [4.78, 5) is 15.6. The van der Waals surface area contributed by atoms with Crippen molar-refractivity contribution < 1.29 is 9.53 Å². The lowest BCUT2D eigenvalue weighted by Crippen LogP contribution is -2.24. The molecular weight excluding hydrogens is 300 g/mol. The second-order valence-corrected chi connectivity index (χ2v) is 7.17. The van der Waals surface area contributed by atoms with E-state index in [4.69, 9.17) is 10.5 Å². The van der Waals surface area contributed by atoms with Gasteiger partial charge in [0.2, 0.25) is 0 Å². The molecule has 0 aromatic carbocycles. The lowest BCUT2D eigenvalue weighted by molar-refractivity contribution is 0.0607. The van der Waals surface area contributed by atoms with Crippen molar-refractivity contribution >= 4 is 51.5 Å². The van der Waals surface area contributed by atoms with Gasteiger partial charge in [-0.3, -0.25) is 0 Å². The van der Waals surface area contributed by atoms with Crippen molar-refractivity contribution in [2.24, 2.45) is 0 Å². The average Bonchev–Trinajstić information content (AvgIpc) is 2.61. The molecule has 106 valence electrons. The van der Waals surface area contributed by atoms with E-state index in [0.717, 1.165) is 28.7 Å². The summed E-state index contributed by atoms with van der Waals surface area (Å²) in [6.45, 7) is 2.04. The summed E-state index contributed by atoms with van der Waals surface area (Å²) in [5, 5.41) is 1.12. The summed E-state index contributed by atoms with van der Waals surface area (Å²) in [6.07, 6.45) is 3.17. The van der Waals surface area contributed by atoms with Gasteiger partial charge in [0.05, 0.1) is 17.7 Å². The molecule has 0 amide bonds. The molecule has 0 atom stereocenters. The third-order valence-corrected chi connectivity index (χ3v) is 6.21. The monoisotopic (exact) mass is 318 g/mol. The molecule has 1 aliphatic heterocycles. The zero-order chi connectivity index (χ0) is 13.8. The van der Waals surface area contributed by atoms with Gasteiger partial charge < -0.3 is 15.4 Å². The molecule has 0 bridgehead atoms. The SMILES string of the molecule is COC(=O)c1sc(N2CCCSCC2)c(SC)c1N. The summed E-state index contributed by atoms with van der Waals surface area (Å²) in [6, 6.07) is 0. The summed E-state index contributed by atoms with van der Waals surface area (Å²) in [5.74, 6) is 1.99. The first-order valence-electron chi connectivity index (χ1n) is 6.06. The van der Waals surface area contributed by atoms with Crippen LogP contribution in [-0.2, 0) is 4.74 Å². The number of rotatable bonds is 3. The lowest BCUT2D eigenvalue weighted by Gasteiger charge is -2.21. The van der Waals surface area contributed by atoms with Crippen molar-refractivity contribution in [3.05, 3.63) is 4.88 Å². The Balaban J connectivity index is 2.35. The zero-order valence-electron chi connectivity index (χ0n) is 11.1. The Bertz CT molecular complexity index is 454. The Kier molecular flexibility index (Phi) is 5.29. The van der Waals surface area contributed by atoms with Gasteiger partial charge in [0.25, 0.3) is 0 Å². The molecule has 1 fully saturated rings. The number of nitrogen functional groups attached to an aromatic ring is 1. The van der Waals surface area contributed by atoms with Gasteiger partial charge in [-0.1, -0.05) is 0 Å². The van der Waals surface area contributed by atoms with E-state index in [2.05, 4.69) is 4.90 Å². The van der Waals surface area contributed by atoms with Crippen LogP contribution in [0.1, 0.15) is 16.1 Å². The van der Waals surface area contributed by atoms with Crippen molar-refractivity contribution in [3.8, 4) is 0 Å². The van der Waals surface area contributed by atoms with Crippen LogP contribution in [0.5, 0.6) is 0 Å². The number of ether oxygens (including phenoxy) is 1. The summed E-state index contributed by atoms with van der Waals surface area (Å²) in [7, 11) is 1.39. The molecule has 1 aliphatic rings. The summed E-state index contributed by atoms with van der Waals surface area (Å²) >= 11 is 5.04. The number of thioether (sulfide) groups is 2. The van der Waals surface area contributed by atoms with Crippen LogP contribution >= 0.6 is 34.9 Å². The lowest BCUT2D eigenvalue weighted by atomic mass is 10.3. The highest BCUT2D eigenvalue weighted by atomic mass is 32.2. The van der Waals surface area contributed by atoms with Gasteiger partial charge in [-0.2, -0.15) is 11.8 Å². The van der Waals surface area contributed by atoms with Crippen LogP contribution in [0.3, 0.4) is 0 Å². The Hall–Kier alpha value is -0.530. The van der Waals surface area contributed by atoms with Crippen LogP contribution in [0, 0.1) is 0 Å². The van der Waals surface area contributed by atoms with E-state index in [1.165, 1.54) is 30.6 Å². The Labute approximate surface area is 126 Å². The maximum Gasteiger partial charge on any atom is 0.350 e. The number of methoxy groups -OCH3 is 1. The molecular formula is C12H18N2O2S3. The second kappa shape index (κ2) is 6.76. The number of esters is 1. The minimum Gasteiger partial charge on any atom is -0.465 e. The van der Waals surface area contributed by atoms with Crippen molar-refractivity contribution in [3.63, 3.8) is 0 Å². The molecule has 7 heteroatoms. The molecule has 1 saturated heterocycles. The quantitative estimate of drug-likeness (QED) is 0.683. The largest absolute Gasteiger partial charge is 0.465 e. The first-order valence-corrected chi connectivity index (χ1v) is 9.26. The zero-order valence-corrected chi connectivity index (χ0v) is 13.6. The molecule has 1 aromatic heterocycles. The van der Waals surface area contributed by atoms with Gasteiger partial charge in [0, 0.05) is 18.8 Å². The first kappa shape index (κ1) is 14.9. The predicted molar refractivity (Wildman–Crippen MR) is 86.0 cm³/mol. The van der Waals surface area contributed by atoms with Crippen molar-refractivity contribution in [2.75, 3.05) is 48.6 Å². The molecule has 0 saturated carbocycles. The van der Waals surface area contributed by atoms with E-state index in [9.17, 15) is 4.79 Å². The van der Waals surface area contributed by atoms with Gasteiger partial charge in [-0.05, 0) is 18.4 Å². The molecule has 1 aromatic rings. The standard InChI is InChI=1S/C12H18N2O2S3/c1-16-12(15)10-8(13)9(17-2)11(19-10)14-4-3-6-18-7-5-14/h3-7,13H2,1-2H3. The Morgan fingerprint density at radius 3 is 2.89 bits per heavy atom. The number of hydrogen-bond donors (Lipinski definition) is 1. The normalized spacial score (nSPS) is 16.2. The third kappa shape index (κ3) is 3.14. The summed E-state index contributed by atoms with van der Waals surface area (Å²) < 4.78 is 4.80. The van der Waals surface area contributed by atoms with Crippen molar-refractivity contribution in [1.82, 2.24) is 0 Å². The fraction of sp³-hybridized carbons (Fsp3) is 0.583. The minimum atomic E-state index is -0.340. The van der Waals surface area contributed by atoms with Crippen molar-refractivity contribution in [2.45, 2.75) is 11.3 Å². The minimum absolute atomic E-state index is 0.340. The molecule has 4 nitrogen and oxygen atoms in total. The average molecular weight is 318 g/mol. The van der Waals surface area contributed by atoms with E-state index < -0.39 is 0 Å². The maximum atomic E-state index is 11.7. The van der Waals surface area contributed by atoms with Gasteiger partial charge >= 0.3 is 5.97 Å². The predicted octanol–water partition coefficient (Wildman–Crippen LogP) is 2.78. The molecule has 19 heavy (non-hydrogen) atoms. The van der Waals surface area contributed by atoms with E-state index in [1.54, 1.807) is 11.8 Å². The van der Waals surface area contributed by atoms with E-state index in [0.29, 0.717) is 10.6 Å². The maximum absolute atomic E-state index is 11.7. The first-order chi connectivity index (χ1) is 9.19. The summed E-state index contributed by atoms with van der Waals surface area (Å²) in [5.41, 5.74) is 6.66. The highest BCUT2D eigenvalue weighted by Gasteiger charge is 2.24. The van der Waals surface area contributed by atoms with E-state index >= 15 is 0 Å². The number of carbonyl (C=O) groups is 1.